The van der Waals surface area contributed by atoms with Gasteiger partial charge in [0.1, 0.15) is 0 Å². The highest BCUT2D eigenvalue weighted by molar-refractivity contribution is 7.90. The molecular formula is C14H11ClN2O3S3. The van der Waals surface area contributed by atoms with Crippen molar-refractivity contribution in [1.82, 2.24) is 4.98 Å². The van der Waals surface area contributed by atoms with Crippen molar-refractivity contribution in [3.63, 3.8) is 0 Å². The van der Waals surface area contributed by atoms with Crippen LogP contribution in [0.2, 0.25) is 4.34 Å². The van der Waals surface area contributed by atoms with Crippen molar-refractivity contribution in [2.75, 3.05) is 11.6 Å². The number of carbonyl (C=O) groups is 1. The van der Waals surface area contributed by atoms with E-state index < -0.39 is 9.84 Å². The Labute approximate surface area is 145 Å². The highest BCUT2D eigenvalue weighted by atomic mass is 35.5. The van der Waals surface area contributed by atoms with Crippen LogP contribution in [0.15, 0.2) is 35.2 Å². The Hall–Kier alpha value is -1.48. The molecule has 1 N–H and O–H groups in total. The van der Waals surface area contributed by atoms with Gasteiger partial charge in [0.2, 0.25) is 5.91 Å². The molecule has 0 radical (unpaired) electrons. The average Bonchev–Trinajstić information content (AvgIpc) is 3.02. The second kappa shape index (κ2) is 6.20. The molecule has 9 heteroatoms. The molecule has 0 saturated heterocycles. The number of nitrogens with one attached hydrogen (secondary N) is 1. The van der Waals surface area contributed by atoms with E-state index in [4.69, 9.17) is 11.6 Å². The number of hydrogen-bond donors (Lipinski definition) is 1. The molecule has 2 heterocycles. The summed E-state index contributed by atoms with van der Waals surface area (Å²) >= 11 is 8.44. The van der Waals surface area contributed by atoms with Crippen molar-refractivity contribution in [2.24, 2.45) is 0 Å². The Kier molecular flexibility index (Phi) is 4.41. The molecule has 5 nitrogen and oxygen atoms in total. The van der Waals surface area contributed by atoms with Crippen molar-refractivity contribution >= 4 is 65.4 Å². The molecular weight excluding hydrogens is 376 g/mol. The highest BCUT2D eigenvalue weighted by Crippen LogP contribution is 2.28. The maximum absolute atomic E-state index is 12.0. The molecule has 120 valence electrons. The van der Waals surface area contributed by atoms with Crippen molar-refractivity contribution < 1.29 is 13.2 Å². The van der Waals surface area contributed by atoms with Gasteiger partial charge in [-0.05, 0) is 30.3 Å². The van der Waals surface area contributed by atoms with Gasteiger partial charge >= 0.3 is 0 Å². The minimum absolute atomic E-state index is 0.189. The number of anilines is 1. The first kappa shape index (κ1) is 16.4. The fourth-order valence-corrected chi connectivity index (χ4v) is 4.69. The summed E-state index contributed by atoms with van der Waals surface area (Å²) in [6, 6.07) is 8.27. The number of carbonyl (C=O) groups excluding carboxylic acids is 1. The number of fused-ring (bicyclic) bond motifs is 1. The highest BCUT2D eigenvalue weighted by Gasteiger charge is 2.13. The predicted octanol–water partition coefficient (Wildman–Crippen LogP) is 3.60. The summed E-state index contributed by atoms with van der Waals surface area (Å²) in [4.78, 5) is 17.4. The molecule has 3 rings (SSSR count). The van der Waals surface area contributed by atoms with Crippen LogP contribution in [0.5, 0.6) is 0 Å². The monoisotopic (exact) mass is 386 g/mol. The molecule has 1 amide bonds. The molecule has 2 aromatic heterocycles. The van der Waals surface area contributed by atoms with Gasteiger partial charge in [-0.1, -0.05) is 22.9 Å². The fourth-order valence-electron chi connectivity index (χ4n) is 1.96. The zero-order chi connectivity index (χ0) is 16.6. The average molecular weight is 387 g/mol. The van der Waals surface area contributed by atoms with Crippen LogP contribution >= 0.6 is 34.3 Å². The number of thiazole rings is 1. The Morgan fingerprint density at radius 3 is 2.70 bits per heavy atom. The van der Waals surface area contributed by atoms with Crippen LogP contribution in [0.25, 0.3) is 10.2 Å². The standard InChI is InChI=1S/C14H11ClN2O3S3/c1-23(19,20)9-3-4-10-11(7-9)22-14(16-10)17-13(18)6-8-2-5-12(15)21-8/h2-5,7H,6H2,1H3,(H,16,17,18). The summed E-state index contributed by atoms with van der Waals surface area (Å²) in [5.41, 5.74) is 0.650. The third kappa shape index (κ3) is 3.89. The van der Waals surface area contributed by atoms with Gasteiger partial charge in [0.25, 0.3) is 0 Å². The van der Waals surface area contributed by atoms with Crippen molar-refractivity contribution in [1.29, 1.82) is 0 Å². The quantitative estimate of drug-likeness (QED) is 0.743. The number of aromatic nitrogens is 1. The van der Waals surface area contributed by atoms with Crippen molar-refractivity contribution in [3.8, 4) is 0 Å². The molecule has 0 saturated carbocycles. The Morgan fingerprint density at radius 1 is 1.26 bits per heavy atom. The molecule has 0 fully saturated rings. The van der Waals surface area contributed by atoms with Gasteiger partial charge in [-0.15, -0.1) is 11.3 Å². The van der Waals surface area contributed by atoms with Gasteiger partial charge in [0.15, 0.2) is 15.0 Å². The van der Waals surface area contributed by atoms with Crippen LogP contribution in [0.1, 0.15) is 4.88 Å². The smallest absolute Gasteiger partial charge is 0.231 e. The summed E-state index contributed by atoms with van der Waals surface area (Å²) in [6.07, 6.45) is 1.38. The van der Waals surface area contributed by atoms with E-state index in [0.29, 0.717) is 19.7 Å². The van der Waals surface area contributed by atoms with Crippen LogP contribution in [0.4, 0.5) is 5.13 Å². The summed E-state index contributed by atoms with van der Waals surface area (Å²) in [6.45, 7) is 0. The van der Waals surface area contributed by atoms with E-state index in [1.165, 1.54) is 28.7 Å². The lowest BCUT2D eigenvalue weighted by Crippen LogP contribution is -2.13. The van der Waals surface area contributed by atoms with E-state index in [9.17, 15) is 13.2 Å². The van der Waals surface area contributed by atoms with E-state index in [-0.39, 0.29) is 17.2 Å². The van der Waals surface area contributed by atoms with Crippen LogP contribution in [0, 0.1) is 0 Å². The summed E-state index contributed by atoms with van der Waals surface area (Å²) in [5.74, 6) is -0.189. The first-order valence-electron chi connectivity index (χ1n) is 6.46. The second-order valence-corrected chi connectivity index (χ2v) is 9.70. The topological polar surface area (TPSA) is 76.1 Å². The first-order chi connectivity index (χ1) is 10.8. The molecule has 0 aliphatic heterocycles. The van der Waals surface area contributed by atoms with Gasteiger partial charge in [0, 0.05) is 11.1 Å². The molecule has 23 heavy (non-hydrogen) atoms. The molecule has 0 atom stereocenters. The molecule has 0 bridgehead atoms. The maximum Gasteiger partial charge on any atom is 0.231 e. The maximum atomic E-state index is 12.0. The lowest BCUT2D eigenvalue weighted by molar-refractivity contribution is -0.115. The Balaban J connectivity index is 1.79. The summed E-state index contributed by atoms with van der Waals surface area (Å²) < 4.78 is 24.5. The molecule has 0 aliphatic carbocycles. The van der Waals surface area contributed by atoms with E-state index in [1.807, 2.05) is 6.07 Å². The van der Waals surface area contributed by atoms with Gasteiger partial charge in [-0.25, -0.2) is 13.4 Å². The lowest BCUT2D eigenvalue weighted by Gasteiger charge is -1.98. The van der Waals surface area contributed by atoms with Crippen LogP contribution in [-0.2, 0) is 21.1 Å². The number of amides is 1. The lowest BCUT2D eigenvalue weighted by atomic mass is 10.3. The van der Waals surface area contributed by atoms with Crippen molar-refractivity contribution in [3.05, 3.63) is 39.5 Å². The molecule has 1 aromatic carbocycles. The first-order valence-corrected chi connectivity index (χ1v) is 10.4. The molecule has 0 aliphatic rings. The van der Waals surface area contributed by atoms with E-state index in [0.717, 1.165) is 11.1 Å². The zero-order valence-electron chi connectivity index (χ0n) is 11.9. The van der Waals surface area contributed by atoms with Gasteiger partial charge in [0.05, 0.1) is 25.9 Å². The number of benzene rings is 1. The number of rotatable bonds is 4. The Morgan fingerprint density at radius 2 is 2.04 bits per heavy atom. The van der Waals surface area contributed by atoms with Gasteiger partial charge in [-0.3, -0.25) is 4.79 Å². The summed E-state index contributed by atoms with van der Waals surface area (Å²) in [5, 5.41) is 3.17. The van der Waals surface area contributed by atoms with Gasteiger partial charge in [-0.2, -0.15) is 0 Å². The van der Waals surface area contributed by atoms with E-state index in [2.05, 4.69) is 10.3 Å². The normalized spacial score (nSPS) is 11.7. The minimum Gasteiger partial charge on any atom is -0.302 e. The second-order valence-electron chi connectivity index (χ2n) is 4.85. The summed E-state index contributed by atoms with van der Waals surface area (Å²) in [7, 11) is -3.27. The predicted molar refractivity (Wildman–Crippen MR) is 94.4 cm³/mol. The number of nitrogens with zero attached hydrogens (tertiary/aromatic N) is 1. The number of thiophene rings is 1. The Bertz CT molecular complexity index is 992. The molecule has 0 unspecified atom stereocenters. The zero-order valence-corrected chi connectivity index (χ0v) is 15.1. The molecule has 0 spiro atoms. The largest absolute Gasteiger partial charge is 0.302 e. The van der Waals surface area contributed by atoms with Crippen LogP contribution in [-0.4, -0.2) is 25.6 Å². The number of halogens is 1. The fraction of sp³-hybridized carbons (Fsp3) is 0.143. The molecule has 3 aromatic rings. The number of hydrogen-bond acceptors (Lipinski definition) is 6. The van der Waals surface area contributed by atoms with E-state index >= 15 is 0 Å². The van der Waals surface area contributed by atoms with Crippen molar-refractivity contribution in [2.45, 2.75) is 11.3 Å². The third-order valence-corrected chi connectivity index (χ3v) is 6.27. The van der Waals surface area contributed by atoms with Crippen LogP contribution in [0.3, 0.4) is 0 Å². The third-order valence-electron chi connectivity index (χ3n) is 3.00. The van der Waals surface area contributed by atoms with Gasteiger partial charge < -0.3 is 5.32 Å². The SMILES string of the molecule is CS(=O)(=O)c1ccc2nc(NC(=O)Cc3ccc(Cl)s3)sc2c1. The minimum atomic E-state index is -3.27. The van der Waals surface area contributed by atoms with E-state index in [1.54, 1.807) is 18.2 Å². The number of sulfone groups is 1. The van der Waals surface area contributed by atoms with Crippen LogP contribution < -0.4 is 5.32 Å².